The number of aliphatic imine (C=N–C) groups is 1. The molecule has 2 nitrogen and oxygen atoms in total. The third-order valence-electron chi connectivity index (χ3n) is 3.00. The van der Waals surface area contributed by atoms with Crippen LogP contribution in [0.25, 0.3) is 0 Å². The van der Waals surface area contributed by atoms with Crippen LogP contribution < -0.4 is 5.73 Å². The number of hydrogen-bond donors (Lipinski definition) is 1. The second kappa shape index (κ2) is 4.96. The number of anilines is 1. The van der Waals surface area contributed by atoms with Crippen LogP contribution >= 0.6 is 0 Å². The molecule has 1 aliphatic rings. The zero-order chi connectivity index (χ0) is 10.5. The van der Waals surface area contributed by atoms with E-state index in [2.05, 4.69) is 4.99 Å². The molecule has 0 aliphatic heterocycles. The summed E-state index contributed by atoms with van der Waals surface area (Å²) in [6.07, 6.45) is 8.44. The molecule has 0 heterocycles. The van der Waals surface area contributed by atoms with Crippen LogP contribution in [0.4, 0.5) is 5.69 Å². The Hall–Kier alpha value is -1.31. The quantitative estimate of drug-likeness (QED) is 0.581. The molecule has 2 heteroatoms. The molecule has 2 rings (SSSR count). The van der Waals surface area contributed by atoms with Crippen molar-refractivity contribution in [2.75, 3.05) is 5.73 Å². The van der Waals surface area contributed by atoms with Gasteiger partial charge >= 0.3 is 0 Å². The normalized spacial score (nSPS) is 18.4. The number of rotatable bonds is 2. The largest absolute Gasteiger partial charge is 0.398 e. The van der Waals surface area contributed by atoms with Gasteiger partial charge in [-0.25, -0.2) is 0 Å². The molecule has 0 bridgehead atoms. The molecule has 2 N–H and O–H groups in total. The Morgan fingerprint density at radius 3 is 2.60 bits per heavy atom. The standard InChI is InChI=1S/C13H18N2/c14-13-9-5-4-6-11(13)10-15-12-7-2-1-3-8-12/h4-6,9-10,12H,1-3,7-8,14H2. The zero-order valence-electron chi connectivity index (χ0n) is 9.02. The monoisotopic (exact) mass is 202 g/mol. The topological polar surface area (TPSA) is 38.4 Å². The first-order valence-corrected chi connectivity index (χ1v) is 5.74. The van der Waals surface area contributed by atoms with Crippen molar-refractivity contribution in [3.63, 3.8) is 0 Å². The van der Waals surface area contributed by atoms with Crippen molar-refractivity contribution >= 4 is 11.9 Å². The maximum absolute atomic E-state index is 5.84. The first kappa shape index (κ1) is 10.2. The summed E-state index contributed by atoms with van der Waals surface area (Å²) in [6.45, 7) is 0. The van der Waals surface area contributed by atoms with E-state index in [1.807, 2.05) is 30.5 Å². The first-order chi connectivity index (χ1) is 7.36. The molecule has 0 saturated heterocycles. The van der Waals surface area contributed by atoms with Crippen molar-refractivity contribution < 1.29 is 0 Å². The van der Waals surface area contributed by atoms with Crippen molar-refractivity contribution in [1.82, 2.24) is 0 Å². The van der Waals surface area contributed by atoms with E-state index in [1.165, 1.54) is 32.1 Å². The highest BCUT2D eigenvalue weighted by Crippen LogP contribution is 2.20. The van der Waals surface area contributed by atoms with Gasteiger partial charge in [0.05, 0.1) is 0 Å². The molecule has 0 atom stereocenters. The van der Waals surface area contributed by atoms with Crippen LogP contribution in [0.1, 0.15) is 37.7 Å². The Kier molecular flexibility index (Phi) is 3.38. The van der Waals surface area contributed by atoms with E-state index in [1.54, 1.807) is 0 Å². The zero-order valence-corrected chi connectivity index (χ0v) is 9.02. The van der Waals surface area contributed by atoms with Crippen LogP contribution in [-0.2, 0) is 0 Å². The molecule has 1 aromatic rings. The van der Waals surface area contributed by atoms with Crippen molar-refractivity contribution in [3.05, 3.63) is 29.8 Å². The molecular weight excluding hydrogens is 184 g/mol. The van der Waals surface area contributed by atoms with Crippen LogP contribution in [0.2, 0.25) is 0 Å². The maximum Gasteiger partial charge on any atom is 0.0499 e. The molecule has 0 amide bonds. The Balaban J connectivity index is 2.01. The Labute approximate surface area is 91.2 Å². The van der Waals surface area contributed by atoms with E-state index in [0.29, 0.717) is 6.04 Å². The molecule has 0 spiro atoms. The Morgan fingerprint density at radius 2 is 1.87 bits per heavy atom. The van der Waals surface area contributed by atoms with Gasteiger partial charge in [-0.15, -0.1) is 0 Å². The molecule has 0 unspecified atom stereocenters. The predicted octanol–water partition coefficient (Wildman–Crippen LogP) is 3.02. The second-order valence-electron chi connectivity index (χ2n) is 4.20. The molecule has 1 fully saturated rings. The molecule has 0 radical (unpaired) electrons. The average Bonchev–Trinajstić information content (AvgIpc) is 2.29. The van der Waals surface area contributed by atoms with E-state index >= 15 is 0 Å². The molecular formula is C13H18N2. The minimum absolute atomic E-state index is 0.526. The van der Waals surface area contributed by atoms with E-state index < -0.39 is 0 Å². The van der Waals surface area contributed by atoms with Crippen LogP contribution in [0.5, 0.6) is 0 Å². The minimum Gasteiger partial charge on any atom is -0.398 e. The van der Waals surface area contributed by atoms with Crippen LogP contribution in [0.15, 0.2) is 29.3 Å². The lowest BCUT2D eigenvalue weighted by Crippen LogP contribution is -2.09. The summed E-state index contributed by atoms with van der Waals surface area (Å²) < 4.78 is 0. The summed E-state index contributed by atoms with van der Waals surface area (Å²) in [4.78, 5) is 4.61. The van der Waals surface area contributed by atoms with Gasteiger partial charge in [0.1, 0.15) is 0 Å². The van der Waals surface area contributed by atoms with Crippen molar-refractivity contribution in [2.24, 2.45) is 4.99 Å². The number of hydrogen-bond acceptors (Lipinski definition) is 2. The number of benzene rings is 1. The number of nitrogens with two attached hydrogens (primary N) is 1. The summed E-state index contributed by atoms with van der Waals surface area (Å²) in [6, 6.07) is 8.41. The van der Waals surface area contributed by atoms with E-state index in [0.717, 1.165) is 11.3 Å². The van der Waals surface area contributed by atoms with Crippen LogP contribution in [-0.4, -0.2) is 12.3 Å². The van der Waals surface area contributed by atoms with E-state index in [4.69, 9.17) is 5.73 Å². The SMILES string of the molecule is Nc1ccccc1C=NC1CCCCC1. The fraction of sp³-hybridized carbons (Fsp3) is 0.462. The first-order valence-electron chi connectivity index (χ1n) is 5.74. The van der Waals surface area contributed by atoms with E-state index in [9.17, 15) is 0 Å². The third kappa shape index (κ3) is 2.82. The highest BCUT2D eigenvalue weighted by Gasteiger charge is 2.10. The summed E-state index contributed by atoms with van der Waals surface area (Å²) in [5.74, 6) is 0. The van der Waals surface area contributed by atoms with Gasteiger partial charge in [-0.3, -0.25) is 4.99 Å². The molecule has 15 heavy (non-hydrogen) atoms. The van der Waals surface area contributed by atoms with Crippen molar-refractivity contribution in [3.8, 4) is 0 Å². The second-order valence-corrected chi connectivity index (χ2v) is 4.20. The van der Waals surface area contributed by atoms with Gasteiger partial charge in [-0.2, -0.15) is 0 Å². The predicted molar refractivity (Wildman–Crippen MR) is 65.3 cm³/mol. The van der Waals surface area contributed by atoms with Crippen LogP contribution in [0.3, 0.4) is 0 Å². The third-order valence-corrected chi connectivity index (χ3v) is 3.00. The van der Waals surface area contributed by atoms with Gasteiger partial charge in [0.2, 0.25) is 0 Å². The van der Waals surface area contributed by atoms with Crippen molar-refractivity contribution in [2.45, 2.75) is 38.1 Å². The van der Waals surface area contributed by atoms with E-state index in [-0.39, 0.29) is 0 Å². The smallest absolute Gasteiger partial charge is 0.0499 e. The molecule has 1 saturated carbocycles. The van der Waals surface area contributed by atoms with Gasteiger partial charge in [0.15, 0.2) is 0 Å². The molecule has 1 aliphatic carbocycles. The summed E-state index contributed by atoms with van der Waals surface area (Å²) in [5.41, 5.74) is 7.71. The van der Waals surface area contributed by atoms with Gasteiger partial charge in [-0.1, -0.05) is 37.5 Å². The lowest BCUT2D eigenvalue weighted by molar-refractivity contribution is 0.444. The highest BCUT2D eigenvalue weighted by atomic mass is 14.8. The van der Waals surface area contributed by atoms with Gasteiger partial charge in [0.25, 0.3) is 0 Å². The number of nitrogen functional groups attached to an aromatic ring is 1. The Morgan fingerprint density at radius 1 is 1.13 bits per heavy atom. The fourth-order valence-electron chi connectivity index (χ4n) is 2.04. The van der Waals surface area contributed by atoms with Crippen molar-refractivity contribution in [1.29, 1.82) is 0 Å². The van der Waals surface area contributed by atoms with Gasteiger partial charge in [-0.05, 0) is 18.9 Å². The summed E-state index contributed by atoms with van der Waals surface area (Å²) in [7, 11) is 0. The lowest BCUT2D eigenvalue weighted by Gasteiger charge is -2.17. The molecule has 80 valence electrons. The number of nitrogens with zero attached hydrogens (tertiary/aromatic N) is 1. The fourth-order valence-corrected chi connectivity index (χ4v) is 2.04. The van der Waals surface area contributed by atoms with Gasteiger partial charge in [0, 0.05) is 23.5 Å². The van der Waals surface area contributed by atoms with Crippen LogP contribution in [0, 0.1) is 0 Å². The average molecular weight is 202 g/mol. The molecule has 0 aromatic heterocycles. The Bertz CT molecular complexity index is 338. The maximum atomic E-state index is 5.84. The highest BCUT2D eigenvalue weighted by molar-refractivity contribution is 5.86. The number of para-hydroxylation sites is 1. The molecule has 1 aromatic carbocycles. The summed E-state index contributed by atoms with van der Waals surface area (Å²) in [5, 5.41) is 0. The van der Waals surface area contributed by atoms with Gasteiger partial charge < -0.3 is 5.73 Å². The minimum atomic E-state index is 0.526. The summed E-state index contributed by atoms with van der Waals surface area (Å²) >= 11 is 0. The lowest BCUT2D eigenvalue weighted by atomic mass is 9.96.